The minimum Gasteiger partial charge on any atom is -0.387 e. The van der Waals surface area contributed by atoms with E-state index in [-0.39, 0.29) is 0 Å². The van der Waals surface area contributed by atoms with Crippen LogP contribution < -0.4 is 0 Å². The van der Waals surface area contributed by atoms with Gasteiger partial charge in [-0.1, -0.05) is 36.6 Å². The molecule has 1 unspecified atom stereocenters. The van der Waals surface area contributed by atoms with E-state index in [0.29, 0.717) is 0 Å². The molecular formula is C14H20ClNO. The largest absolute Gasteiger partial charge is 0.387 e. The van der Waals surface area contributed by atoms with Gasteiger partial charge in [0.2, 0.25) is 0 Å². The van der Waals surface area contributed by atoms with E-state index in [1.54, 1.807) is 0 Å². The molecule has 1 aromatic rings. The Kier molecular flexibility index (Phi) is 4.84. The van der Waals surface area contributed by atoms with E-state index < -0.39 is 6.10 Å². The van der Waals surface area contributed by atoms with Crippen molar-refractivity contribution in [3.05, 3.63) is 34.9 Å². The van der Waals surface area contributed by atoms with Crippen LogP contribution in [0.15, 0.2) is 24.3 Å². The summed E-state index contributed by atoms with van der Waals surface area (Å²) in [5.74, 6) is 0. The summed E-state index contributed by atoms with van der Waals surface area (Å²) in [6, 6.07) is 7.49. The zero-order valence-corrected chi connectivity index (χ0v) is 10.9. The predicted octanol–water partition coefficient (Wildman–Crippen LogP) is 3.25. The van der Waals surface area contributed by atoms with E-state index in [1.165, 1.54) is 25.7 Å². The third-order valence-corrected chi connectivity index (χ3v) is 3.64. The number of benzene rings is 1. The van der Waals surface area contributed by atoms with Gasteiger partial charge in [-0.3, -0.25) is 0 Å². The number of aliphatic hydroxyl groups excluding tert-OH is 1. The van der Waals surface area contributed by atoms with Crippen molar-refractivity contribution in [1.29, 1.82) is 0 Å². The summed E-state index contributed by atoms with van der Waals surface area (Å²) in [6.07, 6.45) is 4.77. The number of hydrogen-bond acceptors (Lipinski definition) is 2. The lowest BCUT2D eigenvalue weighted by Crippen LogP contribution is -2.29. The molecule has 1 aromatic carbocycles. The summed E-state index contributed by atoms with van der Waals surface area (Å²) < 4.78 is 0. The Balaban J connectivity index is 1.91. The monoisotopic (exact) mass is 253 g/mol. The summed E-state index contributed by atoms with van der Waals surface area (Å²) in [5.41, 5.74) is 0.957. The Morgan fingerprint density at radius 1 is 1.06 bits per heavy atom. The fraction of sp³-hybridized carbons (Fsp3) is 0.571. The first kappa shape index (κ1) is 12.9. The molecule has 1 aliphatic rings. The predicted molar refractivity (Wildman–Crippen MR) is 71.3 cm³/mol. The molecule has 1 saturated heterocycles. The Labute approximate surface area is 108 Å². The minimum absolute atomic E-state index is 0.398. The molecule has 0 amide bonds. The summed E-state index contributed by atoms with van der Waals surface area (Å²) >= 11 is 5.84. The van der Waals surface area contributed by atoms with Crippen molar-refractivity contribution in [2.24, 2.45) is 0 Å². The van der Waals surface area contributed by atoms with Gasteiger partial charge < -0.3 is 10.0 Å². The average Bonchev–Trinajstić information content (AvgIpc) is 2.58. The number of halogens is 1. The zero-order chi connectivity index (χ0) is 12.1. The molecule has 2 nitrogen and oxygen atoms in total. The molecule has 0 aliphatic carbocycles. The van der Waals surface area contributed by atoms with Gasteiger partial charge in [0.25, 0.3) is 0 Å². The lowest BCUT2D eigenvalue weighted by atomic mass is 10.1. The Hall–Kier alpha value is -0.570. The molecular weight excluding hydrogens is 234 g/mol. The third-order valence-electron chi connectivity index (χ3n) is 3.38. The second-order valence-corrected chi connectivity index (χ2v) is 5.22. The van der Waals surface area contributed by atoms with Crippen molar-refractivity contribution in [3.8, 4) is 0 Å². The van der Waals surface area contributed by atoms with Crippen LogP contribution >= 0.6 is 11.6 Å². The quantitative estimate of drug-likeness (QED) is 0.894. The van der Waals surface area contributed by atoms with Gasteiger partial charge in [0.1, 0.15) is 0 Å². The van der Waals surface area contributed by atoms with Crippen molar-refractivity contribution in [1.82, 2.24) is 4.90 Å². The van der Waals surface area contributed by atoms with Crippen LogP contribution in [0.25, 0.3) is 0 Å². The highest BCUT2D eigenvalue weighted by Crippen LogP contribution is 2.19. The molecule has 1 atom stereocenters. The average molecular weight is 254 g/mol. The van der Waals surface area contributed by atoms with Gasteiger partial charge in [-0.25, -0.2) is 0 Å². The fourth-order valence-corrected chi connectivity index (χ4v) is 2.48. The van der Waals surface area contributed by atoms with Gasteiger partial charge in [0.05, 0.1) is 6.10 Å². The summed E-state index contributed by atoms with van der Waals surface area (Å²) in [7, 11) is 0. The Bertz CT molecular complexity index is 331. The molecule has 0 aromatic heterocycles. The van der Waals surface area contributed by atoms with Crippen molar-refractivity contribution in [2.45, 2.75) is 31.8 Å². The topological polar surface area (TPSA) is 23.5 Å². The lowest BCUT2D eigenvalue weighted by Gasteiger charge is -2.23. The fourth-order valence-electron chi connectivity index (χ4n) is 2.35. The summed E-state index contributed by atoms with van der Waals surface area (Å²) in [5, 5.41) is 10.9. The summed E-state index contributed by atoms with van der Waals surface area (Å²) in [6.45, 7) is 2.97. The standard InChI is InChI=1S/C14H20ClNO/c15-13-7-5-12(6-8-13)14(17)11-16-9-3-1-2-4-10-16/h5-8,14,17H,1-4,9-11H2. The number of hydrogen-bond donors (Lipinski definition) is 1. The second kappa shape index (κ2) is 6.39. The maximum Gasteiger partial charge on any atom is 0.0916 e. The third kappa shape index (κ3) is 3.98. The molecule has 0 bridgehead atoms. The number of aliphatic hydroxyl groups is 1. The Morgan fingerprint density at radius 3 is 2.24 bits per heavy atom. The normalized spacial score (nSPS) is 19.9. The van der Waals surface area contributed by atoms with Crippen molar-refractivity contribution in [3.63, 3.8) is 0 Å². The van der Waals surface area contributed by atoms with Crippen LogP contribution in [0.5, 0.6) is 0 Å². The molecule has 1 aliphatic heterocycles. The van der Waals surface area contributed by atoms with E-state index in [9.17, 15) is 5.11 Å². The van der Waals surface area contributed by atoms with Crippen LogP contribution in [0, 0.1) is 0 Å². The highest BCUT2D eigenvalue weighted by Gasteiger charge is 2.14. The van der Waals surface area contributed by atoms with E-state index >= 15 is 0 Å². The van der Waals surface area contributed by atoms with Gasteiger partial charge in [0.15, 0.2) is 0 Å². The minimum atomic E-state index is -0.398. The molecule has 94 valence electrons. The van der Waals surface area contributed by atoms with Gasteiger partial charge in [0, 0.05) is 11.6 Å². The molecule has 1 heterocycles. The number of β-amino-alcohol motifs (C(OH)–C–C–N with tert-alkyl or cyclic N) is 1. The van der Waals surface area contributed by atoms with Crippen LogP contribution in [-0.2, 0) is 0 Å². The molecule has 2 rings (SSSR count). The van der Waals surface area contributed by atoms with E-state index in [0.717, 1.165) is 30.2 Å². The van der Waals surface area contributed by atoms with Crippen molar-refractivity contribution < 1.29 is 5.11 Å². The number of nitrogens with zero attached hydrogens (tertiary/aromatic N) is 1. The highest BCUT2D eigenvalue weighted by molar-refractivity contribution is 6.30. The maximum absolute atomic E-state index is 10.2. The van der Waals surface area contributed by atoms with Gasteiger partial charge >= 0.3 is 0 Å². The zero-order valence-electron chi connectivity index (χ0n) is 10.1. The van der Waals surface area contributed by atoms with Crippen LogP contribution in [0.2, 0.25) is 5.02 Å². The van der Waals surface area contributed by atoms with Crippen LogP contribution in [0.1, 0.15) is 37.4 Å². The smallest absolute Gasteiger partial charge is 0.0916 e. The maximum atomic E-state index is 10.2. The van der Waals surface area contributed by atoms with Crippen LogP contribution in [-0.4, -0.2) is 29.6 Å². The van der Waals surface area contributed by atoms with Crippen molar-refractivity contribution >= 4 is 11.6 Å². The van der Waals surface area contributed by atoms with Crippen LogP contribution in [0.4, 0.5) is 0 Å². The first-order valence-corrected chi connectivity index (χ1v) is 6.79. The van der Waals surface area contributed by atoms with Crippen LogP contribution in [0.3, 0.4) is 0 Å². The SMILES string of the molecule is OC(CN1CCCCCC1)c1ccc(Cl)cc1. The van der Waals surface area contributed by atoms with Crippen molar-refractivity contribution in [2.75, 3.05) is 19.6 Å². The van der Waals surface area contributed by atoms with Gasteiger partial charge in [-0.2, -0.15) is 0 Å². The van der Waals surface area contributed by atoms with Gasteiger partial charge in [-0.05, 0) is 43.6 Å². The first-order valence-electron chi connectivity index (χ1n) is 6.41. The van der Waals surface area contributed by atoms with E-state index in [4.69, 9.17) is 11.6 Å². The number of rotatable bonds is 3. The molecule has 0 radical (unpaired) electrons. The Morgan fingerprint density at radius 2 is 1.65 bits per heavy atom. The molecule has 0 saturated carbocycles. The number of likely N-dealkylation sites (tertiary alicyclic amines) is 1. The highest BCUT2D eigenvalue weighted by atomic mass is 35.5. The van der Waals surface area contributed by atoms with E-state index in [2.05, 4.69) is 4.90 Å². The second-order valence-electron chi connectivity index (χ2n) is 4.78. The molecule has 17 heavy (non-hydrogen) atoms. The summed E-state index contributed by atoms with van der Waals surface area (Å²) in [4.78, 5) is 2.37. The first-order chi connectivity index (χ1) is 8.25. The lowest BCUT2D eigenvalue weighted by molar-refractivity contribution is 0.115. The molecule has 0 spiro atoms. The molecule has 1 fully saturated rings. The van der Waals surface area contributed by atoms with Gasteiger partial charge in [-0.15, -0.1) is 0 Å². The van der Waals surface area contributed by atoms with E-state index in [1.807, 2.05) is 24.3 Å². The molecule has 3 heteroatoms. The molecule has 1 N–H and O–H groups in total.